The van der Waals surface area contributed by atoms with Gasteiger partial charge in [-0.15, -0.1) is 10.2 Å². The Hall–Kier alpha value is -2.84. The molecule has 0 spiro atoms. The minimum Gasteiger partial charge on any atom is -0.378 e. The summed E-state index contributed by atoms with van der Waals surface area (Å²) in [7, 11) is 0. The number of para-hydroxylation sites is 1. The van der Waals surface area contributed by atoms with Gasteiger partial charge in [-0.05, 0) is 29.8 Å². The van der Waals surface area contributed by atoms with E-state index in [1.54, 1.807) is 17.8 Å². The maximum absolute atomic E-state index is 11.4. The molecule has 1 saturated heterocycles. The molecule has 1 aliphatic rings. The lowest BCUT2D eigenvalue weighted by molar-refractivity contribution is 0.1000. The maximum Gasteiger partial charge on any atom is 0.248 e. The summed E-state index contributed by atoms with van der Waals surface area (Å²) in [6.45, 7) is 2.95. The van der Waals surface area contributed by atoms with Crippen LogP contribution in [0.15, 0.2) is 59.8 Å². The number of hydrogen-bond acceptors (Lipinski definition) is 6. The van der Waals surface area contributed by atoms with Crippen molar-refractivity contribution in [2.75, 3.05) is 31.2 Å². The van der Waals surface area contributed by atoms with Gasteiger partial charge in [-0.25, -0.2) is 0 Å². The van der Waals surface area contributed by atoms with E-state index in [0.717, 1.165) is 35.4 Å². The number of hydrogen-bond donors (Lipinski definition) is 1. The second-order valence-corrected chi connectivity index (χ2v) is 7.35. The molecule has 0 bridgehead atoms. The first-order valence-corrected chi connectivity index (χ1v) is 10.1. The van der Waals surface area contributed by atoms with E-state index in [0.29, 0.717) is 24.5 Å². The molecule has 1 amide bonds. The minimum atomic E-state index is -0.422. The summed E-state index contributed by atoms with van der Waals surface area (Å²) in [4.78, 5) is 13.6. The zero-order chi connectivity index (χ0) is 19.3. The first kappa shape index (κ1) is 18.5. The topological polar surface area (TPSA) is 86.3 Å². The third-order valence-corrected chi connectivity index (χ3v) is 5.50. The molecule has 144 valence electrons. The van der Waals surface area contributed by atoms with Crippen molar-refractivity contribution in [1.29, 1.82) is 0 Å². The van der Waals surface area contributed by atoms with Crippen molar-refractivity contribution >= 4 is 23.6 Å². The van der Waals surface area contributed by atoms with Gasteiger partial charge in [0.2, 0.25) is 11.9 Å². The number of carbonyl (C=O) groups excluding carboxylic acids is 1. The lowest BCUT2D eigenvalue weighted by atomic mass is 10.1. The number of primary amides is 1. The molecule has 1 aliphatic heterocycles. The number of carbonyl (C=O) groups is 1. The number of morpholine rings is 1. The highest BCUT2D eigenvalue weighted by atomic mass is 32.2. The molecule has 4 rings (SSSR count). The Bertz CT molecular complexity index is 954. The van der Waals surface area contributed by atoms with Gasteiger partial charge < -0.3 is 15.4 Å². The van der Waals surface area contributed by atoms with E-state index in [1.807, 2.05) is 48.5 Å². The molecule has 2 N–H and O–H groups in total. The fraction of sp³-hybridized carbons (Fsp3) is 0.250. The minimum absolute atomic E-state index is 0.422. The Morgan fingerprint density at radius 1 is 1.07 bits per heavy atom. The largest absolute Gasteiger partial charge is 0.378 e. The Labute approximate surface area is 167 Å². The number of anilines is 1. The van der Waals surface area contributed by atoms with Crippen LogP contribution in [0.3, 0.4) is 0 Å². The van der Waals surface area contributed by atoms with Gasteiger partial charge in [-0.1, -0.05) is 42.1 Å². The second kappa shape index (κ2) is 8.45. The van der Waals surface area contributed by atoms with E-state index in [9.17, 15) is 4.79 Å². The molecule has 0 saturated carbocycles. The van der Waals surface area contributed by atoms with E-state index in [2.05, 4.69) is 19.7 Å². The number of aromatic nitrogens is 3. The Morgan fingerprint density at radius 2 is 1.86 bits per heavy atom. The molecule has 8 heteroatoms. The molecule has 0 atom stereocenters. The van der Waals surface area contributed by atoms with Crippen molar-refractivity contribution in [3.63, 3.8) is 0 Å². The lowest BCUT2D eigenvalue weighted by Gasteiger charge is -2.27. The van der Waals surface area contributed by atoms with Crippen LogP contribution in [0.4, 0.5) is 5.95 Å². The van der Waals surface area contributed by atoms with Crippen LogP contribution in [0, 0.1) is 0 Å². The van der Waals surface area contributed by atoms with Gasteiger partial charge in [0.15, 0.2) is 5.16 Å². The summed E-state index contributed by atoms with van der Waals surface area (Å²) in [6.07, 6.45) is 0. The predicted molar refractivity (Wildman–Crippen MR) is 109 cm³/mol. The van der Waals surface area contributed by atoms with Gasteiger partial charge >= 0.3 is 0 Å². The van der Waals surface area contributed by atoms with E-state index in [1.165, 1.54) is 0 Å². The van der Waals surface area contributed by atoms with Crippen LogP contribution in [0.5, 0.6) is 0 Å². The molecule has 0 aliphatic carbocycles. The summed E-state index contributed by atoms with van der Waals surface area (Å²) in [5.74, 6) is 1.06. The molecular formula is C20H21N5O2S. The van der Waals surface area contributed by atoms with Crippen LogP contribution in [0.2, 0.25) is 0 Å². The highest BCUT2D eigenvalue weighted by molar-refractivity contribution is 7.98. The number of nitrogens with two attached hydrogens (primary N) is 1. The monoisotopic (exact) mass is 395 g/mol. The summed E-state index contributed by atoms with van der Waals surface area (Å²) < 4.78 is 7.54. The Kier molecular flexibility index (Phi) is 5.59. The van der Waals surface area contributed by atoms with Crippen molar-refractivity contribution < 1.29 is 9.53 Å². The van der Waals surface area contributed by atoms with Gasteiger partial charge in [0.25, 0.3) is 0 Å². The van der Waals surface area contributed by atoms with Crippen LogP contribution < -0.4 is 10.6 Å². The van der Waals surface area contributed by atoms with Gasteiger partial charge in [-0.2, -0.15) is 0 Å². The molecule has 3 aromatic rings. The van der Waals surface area contributed by atoms with Crippen molar-refractivity contribution in [1.82, 2.24) is 14.8 Å². The average Bonchev–Trinajstić information content (AvgIpc) is 3.18. The predicted octanol–water partition coefficient (Wildman–Crippen LogP) is 2.50. The summed E-state index contributed by atoms with van der Waals surface area (Å²) in [6, 6.07) is 17.5. The highest BCUT2D eigenvalue weighted by Gasteiger charge is 2.21. The molecule has 1 aromatic heterocycles. The summed E-state index contributed by atoms with van der Waals surface area (Å²) in [5.41, 5.74) is 7.93. The Balaban J connectivity index is 1.62. The molecule has 2 heterocycles. The molecule has 28 heavy (non-hydrogen) atoms. The molecule has 1 fully saturated rings. The zero-order valence-electron chi connectivity index (χ0n) is 15.3. The fourth-order valence-electron chi connectivity index (χ4n) is 3.09. The quantitative estimate of drug-likeness (QED) is 0.646. The van der Waals surface area contributed by atoms with Crippen molar-refractivity contribution in [3.05, 3.63) is 65.7 Å². The van der Waals surface area contributed by atoms with E-state index >= 15 is 0 Å². The second-order valence-electron chi connectivity index (χ2n) is 6.41. The number of benzene rings is 2. The number of nitrogens with zero attached hydrogens (tertiary/aromatic N) is 4. The number of ether oxygens (including phenoxy) is 1. The lowest BCUT2D eigenvalue weighted by Crippen LogP contribution is -2.37. The molecule has 2 aromatic carbocycles. The molecule has 7 nitrogen and oxygen atoms in total. The van der Waals surface area contributed by atoms with Crippen LogP contribution in [-0.4, -0.2) is 47.0 Å². The normalized spacial score (nSPS) is 14.2. The zero-order valence-corrected chi connectivity index (χ0v) is 16.1. The van der Waals surface area contributed by atoms with Gasteiger partial charge in [-0.3, -0.25) is 9.36 Å². The average molecular weight is 395 g/mol. The van der Waals surface area contributed by atoms with Crippen LogP contribution in [0.25, 0.3) is 5.69 Å². The van der Waals surface area contributed by atoms with Gasteiger partial charge in [0.05, 0.1) is 18.9 Å². The Morgan fingerprint density at radius 3 is 2.61 bits per heavy atom. The first-order chi connectivity index (χ1) is 13.7. The molecule has 0 unspecified atom stereocenters. The van der Waals surface area contributed by atoms with Gasteiger partial charge in [0.1, 0.15) is 0 Å². The SMILES string of the molecule is NC(=O)c1cccc(CSc2nnc(N3CCOCC3)n2-c2ccccc2)c1. The first-order valence-electron chi connectivity index (χ1n) is 9.07. The number of rotatable bonds is 6. The van der Waals surface area contributed by atoms with Crippen molar-refractivity contribution in [3.8, 4) is 5.69 Å². The molecular weight excluding hydrogens is 374 g/mol. The summed E-state index contributed by atoms with van der Waals surface area (Å²) >= 11 is 1.58. The highest BCUT2D eigenvalue weighted by Crippen LogP contribution is 2.29. The maximum atomic E-state index is 11.4. The van der Waals surface area contributed by atoms with Crippen molar-refractivity contribution in [2.24, 2.45) is 5.73 Å². The standard InChI is InChI=1S/C20H21N5O2S/c21-18(26)16-6-4-5-15(13-16)14-28-20-23-22-19(24-9-11-27-12-10-24)25(20)17-7-2-1-3-8-17/h1-8,13H,9-12,14H2,(H2,21,26). The third kappa shape index (κ3) is 4.02. The van der Waals surface area contributed by atoms with Crippen LogP contribution >= 0.6 is 11.8 Å². The summed E-state index contributed by atoms with van der Waals surface area (Å²) in [5, 5.41) is 9.71. The van der Waals surface area contributed by atoms with E-state index < -0.39 is 5.91 Å². The van der Waals surface area contributed by atoms with Gasteiger partial charge in [0, 0.05) is 24.4 Å². The van der Waals surface area contributed by atoms with Crippen LogP contribution in [-0.2, 0) is 10.5 Å². The van der Waals surface area contributed by atoms with E-state index in [4.69, 9.17) is 10.5 Å². The smallest absolute Gasteiger partial charge is 0.248 e. The van der Waals surface area contributed by atoms with E-state index in [-0.39, 0.29) is 0 Å². The van der Waals surface area contributed by atoms with Crippen molar-refractivity contribution in [2.45, 2.75) is 10.9 Å². The third-order valence-electron chi connectivity index (χ3n) is 4.50. The molecule has 0 radical (unpaired) electrons. The number of amides is 1. The fourth-order valence-corrected chi connectivity index (χ4v) is 3.98. The number of thioether (sulfide) groups is 1. The van der Waals surface area contributed by atoms with Crippen LogP contribution in [0.1, 0.15) is 15.9 Å².